The normalized spacial score (nSPS) is 20.8. The van der Waals surface area contributed by atoms with E-state index in [0.717, 1.165) is 67.8 Å². The van der Waals surface area contributed by atoms with Gasteiger partial charge in [-0.2, -0.15) is 0 Å². The number of aryl methyl sites for hydroxylation is 1. The van der Waals surface area contributed by atoms with Crippen LogP contribution in [0.3, 0.4) is 0 Å². The lowest BCUT2D eigenvalue weighted by Gasteiger charge is -2.40. The molecule has 0 radical (unpaired) electrons. The smallest absolute Gasteiger partial charge is 0.338 e. The summed E-state index contributed by atoms with van der Waals surface area (Å²) < 4.78 is 28.9. The van der Waals surface area contributed by atoms with E-state index in [1.165, 1.54) is 6.26 Å². The molecule has 8 nitrogen and oxygen atoms in total. The number of esters is 1. The number of β-amino-alcohol motifs (C(OH)–C–C–N with tert-alkyl or cyclic N) is 1. The van der Waals surface area contributed by atoms with E-state index >= 15 is 0 Å². The number of pyridine rings is 1. The van der Waals surface area contributed by atoms with Gasteiger partial charge < -0.3 is 19.6 Å². The largest absolute Gasteiger partial charge is 0.457 e. The third-order valence-electron chi connectivity index (χ3n) is 8.09. The number of aliphatic hydroxyl groups excluding tert-OH is 1. The first-order chi connectivity index (χ1) is 16.6. The Morgan fingerprint density at radius 2 is 1.89 bits per heavy atom. The first-order valence-electron chi connectivity index (χ1n) is 12.2. The molecular formula is C26H33N3O5S. The van der Waals surface area contributed by atoms with E-state index in [2.05, 4.69) is 14.8 Å². The molecule has 0 aliphatic carbocycles. The van der Waals surface area contributed by atoms with Crippen LogP contribution in [0.15, 0.2) is 29.4 Å². The van der Waals surface area contributed by atoms with Gasteiger partial charge in [0.15, 0.2) is 14.9 Å². The van der Waals surface area contributed by atoms with Gasteiger partial charge in [0.05, 0.1) is 23.6 Å². The van der Waals surface area contributed by atoms with Gasteiger partial charge in [0, 0.05) is 31.5 Å². The monoisotopic (exact) mass is 499 g/mol. The van der Waals surface area contributed by atoms with Crippen molar-refractivity contribution in [3.63, 3.8) is 0 Å². The molecule has 35 heavy (non-hydrogen) atoms. The van der Waals surface area contributed by atoms with E-state index in [-0.39, 0.29) is 23.0 Å². The van der Waals surface area contributed by atoms with Crippen LogP contribution >= 0.6 is 0 Å². The number of piperidine rings is 1. The zero-order valence-electron chi connectivity index (χ0n) is 20.6. The Morgan fingerprint density at radius 3 is 2.57 bits per heavy atom. The fourth-order valence-corrected chi connectivity index (χ4v) is 6.84. The first kappa shape index (κ1) is 24.2. The van der Waals surface area contributed by atoms with Gasteiger partial charge in [0.25, 0.3) is 0 Å². The second-order valence-corrected chi connectivity index (χ2v) is 12.4. The maximum absolute atomic E-state index is 11.9. The lowest BCUT2D eigenvalue weighted by Crippen LogP contribution is -2.43. The minimum Gasteiger partial charge on any atom is -0.457 e. The molecule has 1 aromatic heterocycles. The Kier molecular flexibility index (Phi) is 6.14. The van der Waals surface area contributed by atoms with Crippen molar-refractivity contribution in [1.82, 2.24) is 9.88 Å². The van der Waals surface area contributed by atoms with Gasteiger partial charge in [-0.05, 0) is 80.4 Å². The number of carbonyl (C=O) groups excluding carboxylic acids is 1. The number of ether oxygens (including phenoxy) is 1. The Morgan fingerprint density at radius 1 is 1.17 bits per heavy atom. The average Bonchev–Trinajstić information content (AvgIpc) is 3.39. The molecule has 1 unspecified atom stereocenters. The van der Waals surface area contributed by atoms with Crippen LogP contribution in [0.5, 0.6) is 0 Å². The van der Waals surface area contributed by atoms with Crippen molar-refractivity contribution in [2.75, 3.05) is 43.9 Å². The summed E-state index contributed by atoms with van der Waals surface area (Å²) in [5, 5.41) is 11.1. The van der Waals surface area contributed by atoms with E-state index in [4.69, 9.17) is 4.74 Å². The van der Waals surface area contributed by atoms with Crippen LogP contribution in [0.1, 0.15) is 58.0 Å². The predicted octanol–water partition coefficient (Wildman–Crippen LogP) is 2.80. The highest BCUT2D eigenvalue weighted by Crippen LogP contribution is 2.42. The summed E-state index contributed by atoms with van der Waals surface area (Å²) >= 11 is 0. The minimum absolute atomic E-state index is 0.153. The second kappa shape index (κ2) is 8.87. The highest BCUT2D eigenvalue weighted by Gasteiger charge is 2.41. The van der Waals surface area contributed by atoms with Crippen molar-refractivity contribution < 1.29 is 23.1 Å². The first-order valence-corrected chi connectivity index (χ1v) is 14.1. The molecule has 2 aromatic rings. The second-order valence-electron chi connectivity index (χ2n) is 10.5. The topological polar surface area (TPSA) is 100 Å². The Bertz CT molecular complexity index is 1270. The van der Waals surface area contributed by atoms with Gasteiger partial charge in [0.2, 0.25) is 0 Å². The quantitative estimate of drug-likeness (QED) is 0.627. The highest BCUT2D eigenvalue weighted by atomic mass is 32.2. The lowest BCUT2D eigenvalue weighted by atomic mass is 9.77. The van der Waals surface area contributed by atoms with Crippen LogP contribution in [0.4, 0.5) is 5.69 Å². The van der Waals surface area contributed by atoms with Gasteiger partial charge in [-0.1, -0.05) is 6.07 Å². The molecule has 3 aliphatic heterocycles. The van der Waals surface area contributed by atoms with E-state index < -0.39 is 15.9 Å². The van der Waals surface area contributed by atoms with Crippen LogP contribution in [0.2, 0.25) is 0 Å². The Labute approximate surface area is 206 Å². The van der Waals surface area contributed by atoms with Crippen LogP contribution in [-0.4, -0.2) is 68.4 Å². The number of hydrogen-bond acceptors (Lipinski definition) is 8. The molecule has 188 valence electrons. The lowest BCUT2D eigenvalue weighted by molar-refractivity contribution is 0.0534. The molecule has 3 aliphatic rings. The van der Waals surface area contributed by atoms with Crippen LogP contribution in [-0.2, 0) is 21.2 Å². The zero-order valence-corrected chi connectivity index (χ0v) is 21.4. The fourth-order valence-electron chi connectivity index (χ4n) is 5.95. The molecule has 5 rings (SSSR count). The van der Waals surface area contributed by atoms with Crippen LogP contribution in [0.25, 0.3) is 0 Å². The summed E-state index contributed by atoms with van der Waals surface area (Å²) in [6.45, 7) is 8.37. The van der Waals surface area contributed by atoms with Gasteiger partial charge in [0.1, 0.15) is 6.61 Å². The highest BCUT2D eigenvalue weighted by molar-refractivity contribution is 7.90. The number of aromatic nitrogens is 1. The maximum atomic E-state index is 11.9. The summed E-state index contributed by atoms with van der Waals surface area (Å²) in [7, 11) is -3.32. The fraction of sp³-hybridized carbons (Fsp3) is 0.538. The number of sulfone groups is 1. The minimum atomic E-state index is -3.32. The number of carbonyl (C=O) groups is 1. The van der Waals surface area contributed by atoms with Crippen molar-refractivity contribution >= 4 is 21.5 Å². The number of benzene rings is 1. The third-order valence-corrected chi connectivity index (χ3v) is 9.22. The molecule has 2 fully saturated rings. The molecule has 2 saturated heterocycles. The Balaban J connectivity index is 1.20. The van der Waals surface area contributed by atoms with Crippen molar-refractivity contribution in [2.45, 2.75) is 50.8 Å². The van der Waals surface area contributed by atoms with E-state index in [9.17, 15) is 18.3 Å². The number of nitrogens with zero attached hydrogens (tertiary/aromatic N) is 3. The molecule has 1 spiro atoms. The number of rotatable bonds is 5. The van der Waals surface area contributed by atoms with E-state index in [1.54, 1.807) is 19.2 Å². The summed E-state index contributed by atoms with van der Waals surface area (Å²) in [4.78, 5) is 20.7. The molecular weight excluding hydrogens is 466 g/mol. The summed E-state index contributed by atoms with van der Waals surface area (Å²) in [5.74, 6) is -0.284. The third kappa shape index (κ3) is 4.57. The molecule has 0 saturated carbocycles. The van der Waals surface area contributed by atoms with Crippen molar-refractivity contribution in [1.29, 1.82) is 0 Å². The molecule has 4 heterocycles. The molecule has 1 aromatic carbocycles. The number of hydrogen-bond donors (Lipinski definition) is 1. The predicted molar refractivity (Wildman–Crippen MR) is 132 cm³/mol. The van der Waals surface area contributed by atoms with Crippen molar-refractivity contribution in [3.05, 3.63) is 52.2 Å². The summed E-state index contributed by atoms with van der Waals surface area (Å²) in [6.07, 6.45) is 5.51. The molecule has 1 N–H and O–H groups in total. The number of anilines is 1. The van der Waals surface area contributed by atoms with Gasteiger partial charge in [-0.25, -0.2) is 18.2 Å². The average molecular weight is 500 g/mol. The number of aliphatic hydroxyl groups is 1. The van der Waals surface area contributed by atoms with Gasteiger partial charge >= 0.3 is 5.97 Å². The number of cyclic esters (lactones) is 1. The van der Waals surface area contributed by atoms with Crippen LogP contribution in [0, 0.1) is 19.3 Å². The Hall–Kier alpha value is -2.49. The standard InChI is InChI=1S/C26H33N3O5S/c1-17-12-19(13-27-24(17)35(3,32)33)29-11-8-26(16-29)6-9-28(10-7-26)14-23(30)20-4-5-21-22(18(20)2)15-34-25(21)31/h4-5,12-13,23,30H,6-11,14-16H2,1-3H3. The molecule has 0 bridgehead atoms. The summed E-state index contributed by atoms with van der Waals surface area (Å²) in [5.41, 5.74) is 5.24. The number of fused-ring (bicyclic) bond motifs is 1. The summed E-state index contributed by atoms with van der Waals surface area (Å²) in [6, 6.07) is 5.57. The zero-order chi connectivity index (χ0) is 25.0. The van der Waals surface area contributed by atoms with E-state index in [1.807, 2.05) is 19.1 Å². The number of likely N-dealkylation sites (tertiary alicyclic amines) is 1. The van der Waals surface area contributed by atoms with Crippen molar-refractivity contribution in [3.8, 4) is 0 Å². The van der Waals surface area contributed by atoms with E-state index in [0.29, 0.717) is 17.7 Å². The maximum Gasteiger partial charge on any atom is 0.338 e. The molecule has 9 heteroatoms. The SMILES string of the molecule is Cc1cc(N2CCC3(CCN(CC(O)c4ccc5c(c4C)COC5=O)CC3)C2)cnc1S(C)(=O)=O. The molecule has 1 atom stereocenters. The molecule has 0 amide bonds. The van der Waals surface area contributed by atoms with Crippen molar-refractivity contribution in [2.24, 2.45) is 5.41 Å². The van der Waals surface area contributed by atoms with Crippen LogP contribution < -0.4 is 4.90 Å². The van der Waals surface area contributed by atoms with Gasteiger partial charge in [-0.3, -0.25) is 0 Å². The van der Waals surface area contributed by atoms with Gasteiger partial charge in [-0.15, -0.1) is 0 Å².